The molecule has 2 saturated heterocycles. The van der Waals surface area contributed by atoms with Gasteiger partial charge < -0.3 is 14.7 Å². The van der Waals surface area contributed by atoms with E-state index < -0.39 is 6.10 Å². The van der Waals surface area contributed by atoms with Crippen LogP contribution in [0.5, 0.6) is 0 Å². The third kappa shape index (κ3) is 3.93. The van der Waals surface area contributed by atoms with Crippen LogP contribution in [-0.2, 0) is 9.53 Å². The SMILES string of the molecule is CC(C)C1CCC(=O)N(CC(O)C2CCOC2)CC1. The van der Waals surface area contributed by atoms with Gasteiger partial charge in [0, 0.05) is 32.0 Å². The molecule has 2 aliphatic rings. The Morgan fingerprint density at radius 3 is 2.74 bits per heavy atom. The highest BCUT2D eigenvalue weighted by atomic mass is 16.5. The lowest BCUT2D eigenvalue weighted by Crippen LogP contribution is -2.40. The Bertz CT molecular complexity index is 300. The molecule has 0 bridgehead atoms. The molecule has 2 heterocycles. The molecule has 1 N–H and O–H groups in total. The molecule has 3 unspecified atom stereocenters. The van der Waals surface area contributed by atoms with Crippen LogP contribution in [0.2, 0.25) is 0 Å². The van der Waals surface area contributed by atoms with Crippen molar-refractivity contribution in [2.75, 3.05) is 26.3 Å². The minimum Gasteiger partial charge on any atom is -0.391 e. The summed E-state index contributed by atoms with van der Waals surface area (Å²) in [6.45, 7) is 7.12. The van der Waals surface area contributed by atoms with Gasteiger partial charge in [0.05, 0.1) is 12.7 Å². The smallest absolute Gasteiger partial charge is 0.222 e. The van der Waals surface area contributed by atoms with E-state index in [9.17, 15) is 9.90 Å². The van der Waals surface area contributed by atoms with Crippen LogP contribution in [0.4, 0.5) is 0 Å². The molecule has 2 rings (SSSR count). The highest BCUT2D eigenvalue weighted by Gasteiger charge is 2.29. The van der Waals surface area contributed by atoms with Gasteiger partial charge in [-0.3, -0.25) is 4.79 Å². The van der Waals surface area contributed by atoms with Gasteiger partial charge in [-0.25, -0.2) is 0 Å². The van der Waals surface area contributed by atoms with Crippen molar-refractivity contribution in [2.45, 2.75) is 45.6 Å². The number of ether oxygens (including phenoxy) is 1. The van der Waals surface area contributed by atoms with Gasteiger partial charge >= 0.3 is 0 Å². The normalized spacial score (nSPS) is 30.7. The summed E-state index contributed by atoms with van der Waals surface area (Å²) in [6, 6.07) is 0. The molecule has 3 atom stereocenters. The molecule has 4 nitrogen and oxygen atoms in total. The largest absolute Gasteiger partial charge is 0.391 e. The van der Waals surface area contributed by atoms with E-state index in [1.165, 1.54) is 0 Å². The van der Waals surface area contributed by atoms with Crippen molar-refractivity contribution in [3.8, 4) is 0 Å². The number of amides is 1. The lowest BCUT2D eigenvalue weighted by Gasteiger charge is -2.26. The number of rotatable bonds is 4. The van der Waals surface area contributed by atoms with Crippen LogP contribution in [0.1, 0.15) is 39.5 Å². The van der Waals surface area contributed by atoms with Crippen molar-refractivity contribution < 1.29 is 14.6 Å². The quantitative estimate of drug-likeness (QED) is 0.844. The molecule has 0 aromatic carbocycles. The van der Waals surface area contributed by atoms with E-state index >= 15 is 0 Å². The maximum absolute atomic E-state index is 12.1. The number of aliphatic hydroxyl groups excluding tert-OH is 1. The van der Waals surface area contributed by atoms with Crippen LogP contribution < -0.4 is 0 Å². The van der Waals surface area contributed by atoms with Gasteiger partial charge in [-0.05, 0) is 31.1 Å². The fourth-order valence-corrected chi connectivity index (χ4v) is 3.15. The number of aliphatic hydroxyl groups is 1. The van der Waals surface area contributed by atoms with Gasteiger partial charge in [-0.2, -0.15) is 0 Å². The van der Waals surface area contributed by atoms with Gasteiger partial charge in [0.15, 0.2) is 0 Å². The van der Waals surface area contributed by atoms with Crippen molar-refractivity contribution in [3.63, 3.8) is 0 Å². The molecule has 0 aromatic rings. The number of carbonyl (C=O) groups excluding carboxylic acids is 1. The Morgan fingerprint density at radius 2 is 2.11 bits per heavy atom. The molecule has 1 amide bonds. The van der Waals surface area contributed by atoms with E-state index in [0.717, 1.165) is 32.4 Å². The first-order valence-electron chi connectivity index (χ1n) is 7.61. The van der Waals surface area contributed by atoms with E-state index in [2.05, 4.69) is 13.8 Å². The zero-order valence-electron chi connectivity index (χ0n) is 12.2. The Labute approximate surface area is 116 Å². The average molecular weight is 269 g/mol. The third-order valence-corrected chi connectivity index (χ3v) is 4.71. The topological polar surface area (TPSA) is 49.8 Å². The summed E-state index contributed by atoms with van der Waals surface area (Å²) in [5.41, 5.74) is 0. The Kier molecular flexibility index (Phi) is 5.22. The lowest BCUT2D eigenvalue weighted by molar-refractivity contribution is -0.132. The van der Waals surface area contributed by atoms with E-state index in [0.29, 0.717) is 31.4 Å². The monoisotopic (exact) mass is 269 g/mol. The molecule has 2 aliphatic heterocycles. The molecule has 0 aromatic heterocycles. The number of carbonyl (C=O) groups is 1. The molecule has 0 saturated carbocycles. The Hall–Kier alpha value is -0.610. The number of nitrogens with zero attached hydrogens (tertiary/aromatic N) is 1. The predicted molar refractivity (Wildman–Crippen MR) is 73.7 cm³/mol. The van der Waals surface area contributed by atoms with Crippen LogP contribution in [-0.4, -0.2) is 48.3 Å². The molecule has 110 valence electrons. The Morgan fingerprint density at radius 1 is 1.32 bits per heavy atom. The molecule has 4 heteroatoms. The minimum atomic E-state index is -0.429. The van der Waals surface area contributed by atoms with Crippen LogP contribution in [0.15, 0.2) is 0 Å². The van der Waals surface area contributed by atoms with Gasteiger partial charge in [-0.1, -0.05) is 13.8 Å². The molecule has 2 fully saturated rings. The highest BCUT2D eigenvalue weighted by molar-refractivity contribution is 5.76. The van der Waals surface area contributed by atoms with E-state index in [4.69, 9.17) is 4.74 Å². The fraction of sp³-hybridized carbons (Fsp3) is 0.933. The zero-order valence-corrected chi connectivity index (χ0v) is 12.2. The summed E-state index contributed by atoms with van der Waals surface area (Å²) in [5.74, 6) is 1.69. The first-order chi connectivity index (χ1) is 9.08. The first kappa shape index (κ1) is 14.8. The second kappa shape index (κ2) is 6.71. The van der Waals surface area contributed by atoms with Crippen molar-refractivity contribution in [3.05, 3.63) is 0 Å². The lowest BCUT2D eigenvalue weighted by atomic mass is 9.89. The minimum absolute atomic E-state index is 0.206. The average Bonchev–Trinajstić information content (AvgIpc) is 2.84. The maximum Gasteiger partial charge on any atom is 0.222 e. The fourth-order valence-electron chi connectivity index (χ4n) is 3.15. The number of β-amino-alcohol motifs (C(OH)–C–C–N with tert-alkyl or cyclic N) is 1. The van der Waals surface area contributed by atoms with Crippen molar-refractivity contribution in [1.29, 1.82) is 0 Å². The van der Waals surface area contributed by atoms with E-state index in [-0.39, 0.29) is 11.8 Å². The zero-order chi connectivity index (χ0) is 13.8. The molecule has 0 aliphatic carbocycles. The van der Waals surface area contributed by atoms with Crippen LogP contribution in [0.3, 0.4) is 0 Å². The van der Waals surface area contributed by atoms with Gasteiger partial charge in [-0.15, -0.1) is 0 Å². The summed E-state index contributed by atoms with van der Waals surface area (Å²) >= 11 is 0. The summed E-state index contributed by atoms with van der Waals surface area (Å²) in [4.78, 5) is 14.0. The van der Waals surface area contributed by atoms with Crippen molar-refractivity contribution >= 4 is 5.91 Å². The molecule has 19 heavy (non-hydrogen) atoms. The molecular weight excluding hydrogens is 242 g/mol. The molecule has 0 spiro atoms. The molecular formula is C15H27NO3. The van der Waals surface area contributed by atoms with E-state index in [1.54, 1.807) is 0 Å². The summed E-state index contributed by atoms with van der Waals surface area (Å²) in [7, 11) is 0. The molecule has 0 radical (unpaired) electrons. The van der Waals surface area contributed by atoms with Crippen molar-refractivity contribution in [2.24, 2.45) is 17.8 Å². The number of hydrogen-bond donors (Lipinski definition) is 1. The second-order valence-electron chi connectivity index (χ2n) is 6.36. The Balaban J connectivity index is 1.86. The number of hydrogen-bond acceptors (Lipinski definition) is 3. The third-order valence-electron chi connectivity index (χ3n) is 4.71. The first-order valence-corrected chi connectivity index (χ1v) is 7.61. The summed E-state index contributed by atoms with van der Waals surface area (Å²) in [5, 5.41) is 10.2. The summed E-state index contributed by atoms with van der Waals surface area (Å²) < 4.78 is 5.30. The summed E-state index contributed by atoms with van der Waals surface area (Å²) in [6.07, 6.45) is 3.18. The number of likely N-dealkylation sites (tertiary alicyclic amines) is 1. The van der Waals surface area contributed by atoms with Crippen LogP contribution in [0.25, 0.3) is 0 Å². The maximum atomic E-state index is 12.1. The predicted octanol–water partition coefficient (Wildman–Crippen LogP) is 1.67. The standard InChI is InChI=1S/C15H27NO3/c1-11(2)12-3-4-15(18)16(7-5-12)9-14(17)13-6-8-19-10-13/h11-14,17H,3-10H2,1-2H3. The van der Waals surface area contributed by atoms with E-state index in [1.807, 2.05) is 4.90 Å². The second-order valence-corrected chi connectivity index (χ2v) is 6.36. The van der Waals surface area contributed by atoms with Crippen LogP contribution in [0, 0.1) is 17.8 Å². The van der Waals surface area contributed by atoms with Gasteiger partial charge in [0.25, 0.3) is 0 Å². The van der Waals surface area contributed by atoms with Crippen molar-refractivity contribution in [1.82, 2.24) is 4.90 Å². The highest BCUT2D eigenvalue weighted by Crippen LogP contribution is 2.26. The van der Waals surface area contributed by atoms with Gasteiger partial charge in [0.1, 0.15) is 0 Å². The van der Waals surface area contributed by atoms with Gasteiger partial charge in [0.2, 0.25) is 5.91 Å². The van der Waals surface area contributed by atoms with Crippen LogP contribution >= 0.6 is 0 Å².